The largest absolute Gasteiger partial charge is 0.481 e. The lowest BCUT2D eigenvalue weighted by atomic mass is 9.82. The van der Waals surface area contributed by atoms with Gasteiger partial charge in [-0.05, 0) is 36.8 Å². The van der Waals surface area contributed by atoms with E-state index in [4.69, 9.17) is 0 Å². The lowest BCUT2D eigenvalue weighted by molar-refractivity contribution is -0.139. The molecule has 150 valence electrons. The van der Waals surface area contributed by atoms with Gasteiger partial charge < -0.3 is 10.4 Å². The van der Waals surface area contributed by atoms with Gasteiger partial charge in [0.25, 0.3) is 5.91 Å². The highest BCUT2D eigenvalue weighted by molar-refractivity contribution is 6.07. The lowest BCUT2D eigenvalue weighted by Gasteiger charge is -2.27. The normalized spacial score (nSPS) is 25.6. The predicted octanol–water partition coefficient (Wildman–Crippen LogP) is 3.29. The third-order valence-electron chi connectivity index (χ3n) is 6.18. The van der Waals surface area contributed by atoms with Gasteiger partial charge >= 0.3 is 12.0 Å². The summed E-state index contributed by atoms with van der Waals surface area (Å²) in [5.74, 6) is -2.05. The summed E-state index contributed by atoms with van der Waals surface area (Å²) in [6.45, 7) is 0. The van der Waals surface area contributed by atoms with Crippen LogP contribution in [0.1, 0.15) is 42.7 Å². The van der Waals surface area contributed by atoms with Gasteiger partial charge in [-0.15, -0.1) is 0 Å². The van der Waals surface area contributed by atoms with E-state index >= 15 is 0 Å². The molecule has 1 aliphatic heterocycles. The minimum atomic E-state index is -1.11. The maximum Gasteiger partial charge on any atom is 0.322 e. The number of carbonyl (C=O) groups excluding carboxylic acids is 2. The Hall–Kier alpha value is -3.15. The van der Waals surface area contributed by atoms with E-state index in [1.54, 1.807) is 0 Å². The van der Waals surface area contributed by atoms with Crippen molar-refractivity contribution in [1.29, 1.82) is 0 Å². The first-order valence-corrected chi connectivity index (χ1v) is 9.97. The molecule has 29 heavy (non-hydrogen) atoms. The Labute approximate surface area is 169 Å². The summed E-state index contributed by atoms with van der Waals surface area (Å²) in [6, 6.07) is 19.9. The summed E-state index contributed by atoms with van der Waals surface area (Å²) in [7, 11) is 0. The van der Waals surface area contributed by atoms with Gasteiger partial charge in [-0.1, -0.05) is 60.7 Å². The highest BCUT2D eigenvalue weighted by Gasteiger charge is 2.62. The standard InChI is InChI=1S/C23H24N2O4/c26-20(27)18-14-19(18)23(21(28)24-22(29)25-23)13-7-12-17(15-8-3-1-4-9-15)16-10-5-2-6-11-16/h1-6,8-11,17-19H,7,12-14H2,(H,26,27)(H2,24,25,28,29). The number of carboxylic acid groups (broad SMARTS) is 1. The average molecular weight is 392 g/mol. The predicted molar refractivity (Wildman–Crippen MR) is 107 cm³/mol. The third kappa shape index (κ3) is 3.75. The van der Waals surface area contributed by atoms with E-state index < -0.39 is 29.4 Å². The molecule has 1 saturated carbocycles. The first kappa shape index (κ1) is 19.2. The number of imide groups is 1. The Kier molecular flexibility index (Phi) is 5.09. The van der Waals surface area contributed by atoms with E-state index in [2.05, 4.69) is 34.9 Å². The second-order valence-electron chi connectivity index (χ2n) is 7.93. The summed E-state index contributed by atoms with van der Waals surface area (Å²) >= 11 is 0. The number of aliphatic carboxylic acids is 1. The minimum absolute atomic E-state index is 0.170. The lowest BCUT2D eigenvalue weighted by Crippen LogP contribution is -2.50. The number of carbonyl (C=O) groups is 3. The van der Waals surface area contributed by atoms with Crippen LogP contribution in [-0.2, 0) is 9.59 Å². The topological polar surface area (TPSA) is 95.5 Å². The molecule has 2 aromatic carbocycles. The SMILES string of the molecule is O=C1NC(=O)C(CCCC(c2ccccc2)c2ccccc2)(C2CC2C(=O)O)N1. The van der Waals surface area contributed by atoms with E-state index in [1.165, 1.54) is 11.1 Å². The molecule has 0 spiro atoms. The van der Waals surface area contributed by atoms with Crippen molar-refractivity contribution in [3.63, 3.8) is 0 Å². The van der Waals surface area contributed by atoms with Crippen molar-refractivity contribution in [1.82, 2.24) is 10.6 Å². The number of carboxylic acids is 1. The number of urea groups is 1. The molecule has 2 aliphatic rings. The number of nitrogens with one attached hydrogen (secondary N) is 2. The molecule has 2 aromatic rings. The van der Waals surface area contributed by atoms with E-state index in [0.717, 1.165) is 6.42 Å². The van der Waals surface area contributed by atoms with Gasteiger partial charge in [0.15, 0.2) is 0 Å². The van der Waals surface area contributed by atoms with Crippen LogP contribution in [0, 0.1) is 11.8 Å². The molecule has 3 N–H and O–H groups in total. The number of hydrogen-bond donors (Lipinski definition) is 3. The Balaban J connectivity index is 1.52. The third-order valence-corrected chi connectivity index (χ3v) is 6.18. The van der Waals surface area contributed by atoms with Crippen LogP contribution in [0.5, 0.6) is 0 Å². The maximum absolute atomic E-state index is 12.6. The van der Waals surface area contributed by atoms with Gasteiger partial charge in [0.1, 0.15) is 5.54 Å². The van der Waals surface area contributed by atoms with E-state index in [-0.39, 0.29) is 11.8 Å². The van der Waals surface area contributed by atoms with Crippen LogP contribution in [0.25, 0.3) is 0 Å². The molecule has 3 amide bonds. The Morgan fingerprint density at radius 3 is 2.07 bits per heavy atom. The molecule has 0 radical (unpaired) electrons. The zero-order valence-electron chi connectivity index (χ0n) is 16.0. The second kappa shape index (κ2) is 7.70. The highest BCUT2D eigenvalue weighted by Crippen LogP contribution is 2.50. The van der Waals surface area contributed by atoms with E-state index in [0.29, 0.717) is 19.3 Å². The molecule has 1 heterocycles. The van der Waals surface area contributed by atoms with Gasteiger partial charge in [0.2, 0.25) is 0 Å². The first-order valence-electron chi connectivity index (χ1n) is 9.97. The quantitative estimate of drug-likeness (QED) is 0.601. The number of amides is 3. The summed E-state index contributed by atoms with van der Waals surface area (Å²) < 4.78 is 0. The van der Waals surface area contributed by atoms with Crippen molar-refractivity contribution in [3.8, 4) is 0 Å². The van der Waals surface area contributed by atoms with Gasteiger partial charge in [0, 0.05) is 11.8 Å². The van der Waals surface area contributed by atoms with Crippen molar-refractivity contribution in [3.05, 3.63) is 71.8 Å². The van der Waals surface area contributed by atoms with Crippen LogP contribution in [0.15, 0.2) is 60.7 Å². The molecule has 0 bridgehead atoms. The first-order chi connectivity index (χ1) is 14.0. The Bertz CT molecular complexity index is 875. The number of benzene rings is 2. The van der Waals surface area contributed by atoms with Crippen LogP contribution in [0.4, 0.5) is 4.79 Å². The monoisotopic (exact) mass is 392 g/mol. The van der Waals surface area contributed by atoms with E-state index in [1.807, 2.05) is 36.4 Å². The second-order valence-corrected chi connectivity index (χ2v) is 7.93. The molecule has 3 atom stereocenters. The molecular weight excluding hydrogens is 368 g/mol. The molecular formula is C23H24N2O4. The minimum Gasteiger partial charge on any atom is -0.481 e. The van der Waals surface area contributed by atoms with Gasteiger partial charge in [0.05, 0.1) is 5.92 Å². The van der Waals surface area contributed by atoms with Crippen LogP contribution < -0.4 is 10.6 Å². The fourth-order valence-corrected chi connectivity index (χ4v) is 4.62. The molecule has 4 rings (SSSR count). The number of rotatable bonds is 8. The zero-order chi connectivity index (χ0) is 20.4. The van der Waals surface area contributed by atoms with Gasteiger partial charge in [-0.3, -0.25) is 14.9 Å². The smallest absolute Gasteiger partial charge is 0.322 e. The molecule has 0 aromatic heterocycles. The Morgan fingerprint density at radius 1 is 1.03 bits per heavy atom. The van der Waals surface area contributed by atoms with Crippen molar-refractivity contribution < 1.29 is 19.5 Å². The zero-order valence-corrected chi connectivity index (χ0v) is 16.0. The molecule has 6 nitrogen and oxygen atoms in total. The summed E-state index contributed by atoms with van der Waals surface area (Å²) in [5.41, 5.74) is 1.28. The van der Waals surface area contributed by atoms with Crippen molar-refractivity contribution in [2.24, 2.45) is 11.8 Å². The highest BCUT2D eigenvalue weighted by atomic mass is 16.4. The fraction of sp³-hybridized carbons (Fsp3) is 0.348. The molecule has 6 heteroatoms. The molecule has 3 unspecified atom stereocenters. The van der Waals surface area contributed by atoms with Gasteiger partial charge in [-0.2, -0.15) is 0 Å². The molecule has 1 saturated heterocycles. The maximum atomic E-state index is 12.6. The van der Waals surface area contributed by atoms with Crippen LogP contribution >= 0.6 is 0 Å². The van der Waals surface area contributed by atoms with Crippen LogP contribution in [0.3, 0.4) is 0 Å². The summed E-state index contributed by atoms with van der Waals surface area (Å²) in [6.07, 6.45) is 2.33. The molecule has 2 fully saturated rings. The van der Waals surface area contributed by atoms with Crippen molar-refractivity contribution in [2.75, 3.05) is 0 Å². The summed E-state index contributed by atoms with van der Waals surface area (Å²) in [4.78, 5) is 35.8. The molecule has 1 aliphatic carbocycles. The van der Waals surface area contributed by atoms with E-state index in [9.17, 15) is 19.5 Å². The Morgan fingerprint density at radius 2 is 1.62 bits per heavy atom. The summed E-state index contributed by atoms with van der Waals surface area (Å²) in [5, 5.41) is 14.4. The van der Waals surface area contributed by atoms with Crippen molar-refractivity contribution in [2.45, 2.75) is 37.1 Å². The van der Waals surface area contributed by atoms with Crippen LogP contribution in [-0.4, -0.2) is 28.6 Å². The average Bonchev–Trinajstić information content (AvgIpc) is 3.48. The van der Waals surface area contributed by atoms with Crippen molar-refractivity contribution >= 4 is 17.9 Å². The number of hydrogen-bond acceptors (Lipinski definition) is 3. The van der Waals surface area contributed by atoms with Gasteiger partial charge in [-0.25, -0.2) is 4.79 Å². The fourth-order valence-electron chi connectivity index (χ4n) is 4.62. The van der Waals surface area contributed by atoms with Crippen LogP contribution in [0.2, 0.25) is 0 Å².